The Hall–Kier alpha value is -3.73. The van der Waals surface area contributed by atoms with Crippen LogP contribution in [0.25, 0.3) is 0 Å². The van der Waals surface area contributed by atoms with Crippen molar-refractivity contribution in [2.75, 3.05) is 11.5 Å². The number of rotatable bonds is 8. The maximum Gasteiger partial charge on any atom is 0.269 e. The van der Waals surface area contributed by atoms with Gasteiger partial charge in [-0.05, 0) is 85.7 Å². The second-order valence-electron chi connectivity index (χ2n) is 9.56. The molecule has 4 heterocycles. The Morgan fingerprint density at radius 1 is 1.05 bits per heavy atom. The lowest BCUT2D eigenvalue weighted by Gasteiger charge is -2.29. The van der Waals surface area contributed by atoms with E-state index >= 15 is 0 Å². The molecule has 2 aliphatic rings. The van der Waals surface area contributed by atoms with E-state index < -0.39 is 0 Å². The number of aromatic nitrogens is 2. The van der Waals surface area contributed by atoms with Crippen LogP contribution in [0.3, 0.4) is 0 Å². The van der Waals surface area contributed by atoms with Crippen LogP contribution >= 0.6 is 24.0 Å². The number of non-ortho nitro benzene ring substituents is 1. The number of nitro benzene ring substituents is 1. The highest BCUT2D eigenvalue weighted by atomic mass is 32.2. The standard InChI is InChI=1S/C29H27N5O3S2/c35-34(36)21-10-14-24(15-11-21)39-23-12-8-20(9-13-23)33-28(27(31-29(33)38)25-6-1-2-16-30-25)26-7-3-17-32(26)19-22-5-4-18-37-22/h1-3,6-17,22,27-28H,4-5,18-19H2,(H,31,38)/t22-,27+,28+/m0/s1. The smallest absolute Gasteiger partial charge is 0.269 e. The summed E-state index contributed by atoms with van der Waals surface area (Å²) in [7, 11) is 0. The van der Waals surface area contributed by atoms with E-state index in [1.807, 2.05) is 24.4 Å². The monoisotopic (exact) mass is 557 g/mol. The van der Waals surface area contributed by atoms with E-state index in [4.69, 9.17) is 17.0 Å². The third-order valence-corrected chi connectivity index (χ3v) is 8.42. The minimum Gasteiger partial charge on any atom is -0.376 e. The summed E-state index contributed by atoms with van der Waals surface area (Å²) in [5.41, 5.74) is 3.15. The average Bonchev–Trinajstić information content (AvgIpc) is 3.71. The summed E-state index contributed by atoms with van der Waals surface area (Å²) >= 11 is 7.46. The molecule has 6 rings (SSSR count). The van der Waals surface area contributed by atoms with E-state index in [-0.39, 0.29) is 28.8 Å². The van der Waals surface area contributed by atoms with Crippen molar-refractivity contribution in [3.05, 3.63) is 113 Å². The third kappa shape index (κ3) is 5.40. The van der Waals surface area contributed by atoms with Gasteiger partial charge in [-0.25, -0.2) is 0 Å². The summed E-state index contributed by atoms with van der Waals surface area (Å²) in [4.78, 5) is 19.4. The number of hydrogen-bond acceptors (Lipinski definition) is 6. The summed E-state index contributed by atoms with van der Waals surface area (Å²) in [5.74, 6) is 0. The number of thiocarbonyl (C=S) groups is 1. The topological polar surface area (TPSA) is 85.5 Å². The second kappa shape index (κ2) is 11.2. The van der Waals surface area contributed by atoms with Gasteiger partial charge in [0.05, 0.1) is 22.8 Å². The van der Waals surface area contributed by atoms with Crippen molar-refractivity contribution in [2.45, 2.75) is 47.4 Å². The number of ether oxygens (including phenoxy) is 1. The van der Waals surface area contributed by atoms with Crippen molar-refractivity contribution >= 4 is 40.5 Å². The summed E-state index contributed by atoms with van der Waals surface area (Å²) in [6.45, 7) is 1.63. The van der Waals surface area contributed by atoms with Gasteiger partial charge in [-0.15, -0.1) is 0 Å². The van der Waals surface area contributed by atoms with Crippen molar-refractivity contribution in [3.63, 3.8) is 0 Å². The van der Waals surface area contributed by atoms with Crippen LogP contribution in [0.1, 0.15) is 36.3 Å². The Bertz CT molecular complexity index is 1450. The predicted molar refractivity (Wildman–Crippen MR) is 155 cm³/mol. The van der Waals surface area contributed by atoms with Gasteiger partial charge in [-0.2, -0.15) is 0 Å². The van der Waals surface area contributed by atoms with Gasteiger partial charge >= 0.3 is 0 Å². The first-order valence-corrected chi connectivity index (χ1v) is 14.1. The van der Waals surface area contributed by atoms with Crippen molar-refractivity contribution in [2.24, 2.45) is 0 Å². The molecular weight excluding hydrogens is 530 g/mol. The highest BCUT2D eigenvalue weighted by Crippen LogP contribution is 2.42. The van der Waals surface area contributed by atoms with Gasteiger partial charge in [0.25, 0.3) is 5.69 Å². The number of nitrogens with one attached hydrogen (secondary N) is 1. The van der Waals surface area contributed by atoms with Gasteiger partial charge < -0.3 is 19.5 Å². The lowest BCUT2D eigenvalue weighted by molar-refractivity contribution is -0.384. The zero-order valence-corrected chi connectivity index (χ0v) is 22.7. The summed E-state index contributed by atoms with van der Waals surface area (Å²) in [6.07, 6.45) is 6.32. The zero-order valence-electron chi connectivity index (χ0n) is 21.1. The van der Waals surface area contributed by atoms with Gasteiger partial charge in [-0.1, -0.05) is 17.8 Å². The molecule has 2 aromatic carbocycles. The molecule has 2 fully saturated rings. The Kier molecular flexibility index (Phi) is 7.32. The van der Waals surface area contributed by atoms with Crippen LogP contribution in [0.4, 0.5) is 11.4 Å². The van der Waals surface area contributed by atoms with Crippen LogP contribution in [-0.4, -0.2) is 32.3 Å². The van der Waals surface area contributed by atoms with Crippen molar-refractivity contribution in [3.8, 4) is 0 Å². The Morgan fingerprint density at radius 3 is 2.49 bits per heavy atom. The van der Waals surface area contributed by atoms with Crippen LogP contribution in [0.15, 0.2) is 101 Å². The predicted octanol–water partition coefficient (Wildman–Crippen LogP) is 6.30. The van der Waals surface area contributed by atoms with E-state index in [2.05, 4.69) is 62.4 Å². The summed E-state index contributed by atoms with van der Waals surface area (Å²) < 4.78 is 8.23. The Balaban J connectivity index is 1.30. The zero-order chi connectivity index (χ0) is 26.8. The molecule has 8 nitrogen and oxygen atoms in total. The fraction of sp³-hybridized carbons (Fsp3) is 0.241. The number of nitro groups is 1. The summed E-state index contributed by atoms with van der Waals surface area (Å²) in [5, 5.41) is 15.1. The Morgan fingerprint density at radius 2 is 1.82 bits per heavy atom. The van der Waals surface area contributed by atoms with Gasteiger partial charge in [0.2, 0.25) is 0 Å². The first-order valence-electron chi connectivity index (χ1n) is 12.9. The minimum absolute atomic E-state index is 0.0856. The molecule has 39 heavy (non-hydrogen) atoms. The van der Waals surface area contributed by atoms with Crippen molar-refractivity contribution in [1.82, 2.24) is 14.9 Å². The lowest BCUT2D eigenvalue weighted by Crippen LogP contribution is -2.31. The van der Waals surface area contributed by atoms with Crippen LogP contribution < -0.4 is 10.2 Å². The van der Waals surface area contributed by atoms with Crippen LogP contribution in [0.2, 0.25) is 0 Å². The molecule has 4 aromatic rings. The van der Waals surface area contributed by atoms with Gasteiger partial charge in [-0.3, -0.25) is 15.1 Å². The largest absolute Gasteiger partial charge is 0.376 e. The number of hydrogen-bond donors (Lipinski definition) is 1. The number of anilines is 1. The SMILES string of the molecule is O=[N+]([O-])c1ccc(Sc2ccc(N3C(=S)N[C@H](c4ccccn4)[C@H]3c3cccn3C[C@@H]3CCCO3)cc2)cc1. The van der Waals surface area contributed by atoms with Crippen LogP contribution in [-0.2, 0) is 11.3 Å². The molecule has 0 saturated carbocycles. The maximum absolute atomic E-state index is 11.0. The Labute approximate surface area is 236 Å². The number of pyridine rings is 1. The maximum atomic E-state index is 11.0. The first kappa shape index (κ1) is 25.5. The van der Waals surface area contributed by atoms with Gasteiger partial charge in [0.15, 0.2) is 5.11 Å². The molecule has 0 spiro atoms. The molecule has 0 aliphatic carbocycles. The first-order chi connectivity index (χ1) is 19.1. The fourth-order valence-electron chi connectivity index (χ4n) is 5.25. The highest BCUT2D eigenvalue weighted by Gasteiger charge is 2.42. The van der Waals surface area contributed by atoms with E-state index in [1.165, 1.54) is 12.1 Å². The molecule has 2 aromatic heterocycles. The molecule has 10 heteroatoms. The molecule has 2 aliphatic heterocycles. The molecule has 0 unspecified atom stereocenters. The number of benzene rings is 2. The number of nitrogens with zero attached hydrogens (tertiary/aromatic N) is 4. The van der Waals surface area contributed by atoms with Crippen LogP contribution in [0, 0.1) is 10.1 Å². The highest BCUT2D eigenvalue weighted by molar-refractivity contribution is 7.99. The minimum atomic E-state index is -0.387. The lowest BCUT2D eigenvalue weighted by atomic mass is 10.0. The molecule has 3 atom stereocenters. The molecular formula is C29H27N5O3S2. The molecule has 2 saturated heterocycles. The average molecular weight is 558 g/mol. The van der Waals surface area contributed by atoms with Gasteiger partial charge in [0.1, 0.15) is 6.04 Å². The van der Waals surface area contributed by atoms with E-state index in [9.17, 15) is 10.1 Å². The van der Waals surface area contributed by atoms with E-state index in [1.54, 1.807) is 23.9 Å². The van der Waals surface area contributed by atoms with Crippen LogP contribution in [0.5, 0.6) is 0 Å². The van der Waals surface area contributed by atoms with Crippen molar-refractivity contribution in [1.29, 1.82) is 0 Å². The normalized spacial score (nSPS) is 20.8. The van der Waals surface area contributed by atoms with Crippen molar-refractivity contribution < 1.29 is 9.66 Å². The van der Waals surface area contributed by atoms with E-state index in [0.29, 0.717) is 5.11 Å². The molecule has 198 valence electrons. The quantitative estimate of drug-likeness (QED) is 0.154. The molecule has 0 amide bonds. The third-order valence-electron chi connectivity index (χ3n) is 7.09. The van der Waals surface area contributed by atoms with E-state index in [0.717, 1.165) is 52.9 Å². The fourth-order valence-corrected chi connectivity index (χ4v) is 6.41. The second-order valence-corrected chi connectivity index (χ2v) is 11.1. The molecule has 0 radical (unpaired) electrons. The molecule has 1 N–H and O–H groups in total. The van der Waals surface area contributed by atoms with Gasteiger partial charge in [0, 0.05) is 58.9 Å². The molecule has 0 bridgehead atoms. The summed E-state index contributed by atoms with van der Waals surface area (Å²) in [6, 6.07) is 24.8.